The topological polar surface area (TPSA) is 109 Å². The van der Waals surface area contributed by atoms with Crippen molar-refractivity contribution in [3.8, 4) is 0 Å². The lowest BCUT2D eigenvalue weighted by Gasteiger charge is -2.09. The molecule has 0 saturated heterocycles. The van der Waals surface area contributed by atoms with E-state index < -0.39 is 23.7 Å². The molecule has 0 aromatic heterocycles. The van der Waals surface area contributed by atoms with Crippen LogP contribution in [0.2, 0.25) is 0 Å². The Morgan fingerprint density at radius 2 is 2.00 bits per heavy atom. The predicted molar refractivity (Wildman–Crippen MR) is 48.1 cm³/mol. The van der Waals surface area contributed by atoms with Crippen molar-refractivity contribution in [3.05, 3.63) is 12.2 Å². The molecule has 14 heavy (non-hydrogen) atoms. The normalized spacial score (nSPS) is 11.5. The lowest BCUT2D eigenvalue weighted by atomic mass is 10.1. The van der Waals surface area contributed by atoms with Gasteiger partial charge in [0.1, 0.15) is 0 Å². The first-order valence-electron chi connectivity index (χ1n) is 3.82. The van der Waals surface area contributed by atoms with E-state index in [1.807, 2.05) is 0 Å². The summed E-state index contributed by atoms with van der Waals surface area (Å²) in [5.41, 5.74) is 5.04. The summed E-state index contributed by atoms with van der Waals surface area (Å²) >= 11 is 0. The highest BCUT2D eigenvalue weighted by molar-refractivity contribution is 5.98. The van der Waals surface area contributed by atoms with Crippen molar-refractivity contribution in [1.29, 1.82) is 0 Å². The fraction of sp³-hybridized carbons (Fsp3) is 0.375. The van der Waals surface area contributed by atoms with Crippen LogP contribution in [0, 0.1) is 5.92 Å². The minimum Gasteiger partial charge on any atom is -0.481 e. The quantitative estimate of drug-likeness (QED) is 0.385. The number of rotatable bonds is 5. The van der Waals surface area contributed by atoms with Crippen molar-refractivity contribution >= 4 is 17.8 Å². The van der Waals surface area contributed by atoms with Gasteiger partial charge in [0.25, 0.3) is 0 Å². The van der Waals surface area contributed by atoms with Gasteiger partial charge in [-0.2, -0.15) is 0 Å². The third kappa shape index (κ3) is 3.70. The number of nitrogens with one attached hydrogen (secondary N) is 1. The van der Waals surface area contributed by atoms with E-state index in [4.69, 9.17) is 10.8 Å². The highest BCUT2D eigenvalue weighted by Crippen LogP contribution is 1.94. The first-order chi connectivity index (χ1) is 6.36. The Kier molecular flexibility index (Phi) is 4.34. The Morgan fingerprint density at radius 3 is 2.29 bits per heavy atom. The van der Waals surface area contributed by atoms with Gasteiger partial charge in [-0.05, 0) is 6.92 Å². The van der Waals surface area contributed by atoms with Gasteiger partial charge < -0.3 is 16.2 Å². The van der Waals surface area contributed by atoms with Gasteiger partial charge in [-0.25, -0.2) is 0 Å². The first-order valence-corrected chi connectivity index (χ1v) is 3.82. The molecule has 0 aromatic carbocycles. The second-order valence-corrected chi connectivity index (χ2v) is 2.78. The molecule has 0 aliphatic carbocycles. The van der Waals surface area contributed by atoms with Gasteiger partial charge in [-0.3, -0.25) is 14.4 Å². The van der Waals surface area contributed by atoms with Crippen LogP contribution in [-0.4, -0.2) is 29.4 Å². The molecule has 0 rings (SSSR count). The zero-order valence-corrected chi connectivity index (χ0v) is 7.74. The molecule has 0 aliphatic heterocycles. The molecule has 0 spiro atoms. The summed E-state index contributed by atoms with van der Waals surface area (Å²) in [7, 11) is 0. The number of hydrogen-bond acceptors (Lipinski definition) is 3. The fourth-order valence-electron chi connectivity index (χ4n) is 0.655. The van der Waals surface area contributed by atoms with Crippen LogP contribution in [0.25, 0.3) is 0 Å². The number of carbonyl (C=O) groups excluding carboxylic acids is 2. The Hall–Kier alpha value is -1.85. The summed E-state index contributed by atoms with van der Waals surface area (Å²) in [6.07, 6.45) is 0. The molecule has 6 heteroatoms. The summed E-state index contributed by atoms with van der Waals surface area (Å²) in [4.78, 5) is 32.0. The summed E-state index contributed by atoms with van der Waals surface area (Å²) in [6.45, 7) is 4.49. The van der Waals surface area contributed by atoms with E-state index >= 15 is 0 Å². The van der Waals surface area contributed by atoms with Crippen LogP contribution < -0.4 is 11.1 Å². The third-order valence-electron chi connectivity index (χ3n) is 1.50. The van der Waals surface area contributed by atoms with E-state index in [9.17, 15) is 14.4 Å². The Labute approximate surface area is 80.8 Å². The van der Waals surface area contributed by atoms with Gasteiger partial charge in [-0.1, -0.05) is 6.58 Å². The SMILES string of the molecule is C=C(C)C(=O)NCC(C(N)=O)C(=O)O. The molecule has 1 unspecified atom stereocenters. The largest absolute Gasteiger partial charge is 0.481 e. The number of carboxylic acid groups (broad SMARTS) is 1. The average molecular weight is 200 g/mol. The van der Waals surface area contributed by atoms with Crippen LogP contribution >= 0.6 is 0 Å². The molecule has 0 fully saturated rings. The van der Waals surface area contributed by atoms with Crippen molar-refractivity contribution in [1.82, 2.24) is 5.32 Å². The number of carboxylic acids is 1. The maximum absolute atomic E-state index is 10.9. The number of primary amides is 1. The van der Waals surface area contributed by atoms with E-state index in [0.29, 0.717) is 0 Å². The third-order valence-corrected chi connectivity index (χ3v) is 1.50. The summed E-state index contributed by atoms with van der Waals surface area (Å²) in [5.74, 6) is -4.25. The summed E-state index contributed by atoms with van der Waals surface area (Å²) < 4.78 is 0. The first kappa shape index (κ1) is 12.2. The van der Waals surface area contributed by atoms with Crippen molar-refractivity contribution in [2.45, 2.75) is 6.92 Å². The molecule has 2 amide bonds. The Balaban J connectivity index is 4.21. The smallest absolute Gasteiger partial charge is 0.317 e. The molecule has 0 saturated carbocycles. The Morgan fingerprint density at radius 1 is 1.50 bits per heavy atom. The zero-order chi connectivity index (χ0) is 11.3. The van der Waals surface area contributed by atoms with Crippen molar-refractivity contribution < 1.29 is 19.5 Å². The number of carbonyl (C=O) groups is 3. The fourth-order valence-corrected chi connectivity index (χ4v) is 0.655. The molecule has 6 nitrogen and oxygen atoms in total. The maximum Gasteiger partial charge on any atom is 0.317 e. The van der Waals surface area contributed by atoms with Crippen LogP contribution in [0.3, 0.4) is 0 Å². The van der Waals surface area contributed by atoms with Gasteiger partial charge in [0.15, 0.2) is 5.92 Å². The van der Waals surface area contributed by atoms with Crippen LogP contribution in [0.1, 0.15) is 6.92 Å². The van der Waals surface area contributed by atoms with Crippen molar-refractivity contribution in [2.75, 3.05) is 6.54 Å². The molecular formula is C8H12N2O4. The van der Waals surface area contributed by atoms with E-state index in [1.54, 1.807) is 0 Å². The van der Waals surface area contributed by atoms with Crippen LogP contribution in [0.4, 0.5) is 0 Å². The van der Waals surface area contributed by atoms with Gasteiger partial charge >= 0.3 is 5.97 Å². The van der Waals surface area contributed by atoms with E-state index in [1.165, 1.54) is 6.92 Å². The van der Waals surface area contributed by atoms with Crippen molar-refractivity contribution in [2.24, 2.45) is 11.7 Å². The van der Waals surface area contributed by atoms with E-state index in [2.05, 4.69) is 11.9 Å². The maximum atomic E-state index is 10.9. The molecule has 0 radical (unpaired) electrons. The number of amides is 2. The lowest BCUT2D eigenvalue weighted by molar-refractivity contribution is -0.145. The Bertz CT molecular complexity index is 271. The van der Waals surface area contributed by atoms with Crippen LogP contribution in [0.5, 0.6) is 0 Å². The number of nitrogens with two attached hydrogens (primary N) is 1. The average Bonchev–Trinajstić information content (AvgIpc) is 2.02. The molecular weight excluding hydrogens is 188 g/mol. The monoisotopic (exact) mass is 200 g/mol. The lowest BCUT2D eigenvalue weighted by Crippen LogP contribution is -2.40. The minimum atomic E-state index is -1.40. The van der Waals surface area contributed by atoms with Gasteiger partial charge in [0.05, 0.1) is 0 Å². The second kappa shape index (κ2) is 5.00. The molecule has 0 heterocycles. The molecule has 1 atom stereocenters. The summed E-state index contributed by atoms with van der Waals surface area (Å²) in [5, 5.41) is 10.7. The number of aliphatic carboxylic acids is 1. The standard InChI is InChI=1S/C8H12N2O4/c1-4(2)7(12)10-3-5(6(9)11)8(13)14/h5H,1,3H2,2H3,(H2,9,11)(H,10,12)(H,13,14). The van der Waals surface area contributed by atoms with Crippen LogP contribution in [0.15, 0.2) is 12.2 Å². The molecule has 0 bridgehead atoms. The molecule has 4 N–H and O–H groups in total. The van der Waals surface area contributed by atoms with E-state index in [-0.39, 0.29) is 12.1 Å². The minimum absolute atomic E-state index is 0.235. The molecule has 0 aromatic rings. The van der Waals surface area contributed by atoms with Gasteiger partial charge in [0, 0.05) is 12.1 Å². The highest BCUT2D eigenvalue weighted by Gasteiger charge is 2.24. The van der Waals surface area contributed by atoms with Crippen LogP contribution in [-0.2, 0) is 14.4 Å². The van der Waals surface area contributed by atoms with Gasteiger partial charge in [-0.15, -0.1) is 0 Å². The van der Waals surface area contributed by atoms with Crippen molar-refractivity contribution in [3.63, 3.8) is 0 Å². The zero-order valence-electron chi connectivity index (χ0n) is 7.74. The molecule has 78 valence electrons. The van der Waals surface area contributed by atoms with Gasteiger partial charge in [0.2, 0.25) is 11.8 Å². The highest BCUT2D eigenvalue weighted by atomic mass is 16.4. The second-order valence-electron chi connectivity index (χ2n) is 2.78. The predicted octanol–water partition coefficient (Wildman–Crippen LogP) is -1.14. The molecule has 0 aliphatic rings. The van der Waals surface area contributed by atoms with E-state index in [0.717, 1.165) is 0 Å². The summed E-state index contributed by atoms with van der Waals surface area (Å²) in [6, 6.07) is 0. The number of hydrogen-bond donors (Lipinski definition) is 3.